The van der Waals surface area contributed by atoms with Crippen molar-refractivity contribution in [1.29, 1.82) is 0 Å². The summed E-state index contributed by atoms with van der Waals surface area (Å²) >= 11 is 2.19. The Labute approximate surface area is 125 Å². The number of nitrogens with one attached hydrogen (secondary N) is 1. The Morgan fingerprint density at radius 1 is 1.32 bits per heavy atom. The Kier molecular flexibility index (Phi) is 4.73. The fourth-order valence-electron chi connectivity index (χ4n) is 1.54. The van der Waals surface area contributed by atoms with E-state index in [2.05, 4.69) is 33.1 Å². The van der Waals surface area contributed by atoms with E-state index in [0.717, 1.165) is 3.57 Å². The Balaban J connectivity index is 2.08. The predicted octanol–water partition coefficient (Wildman–Crippen LogP) is 3.43. The van der Waals surface area contributed by atoms with E-state index in [9.17, 15) is 4.79 Å². The minimum absolute atomic E-state index is 0.228. The molecule has 1 amide bonds. The second-order valence-electron chi connectivity index (χ2n) is 3.84. The number of rotatable bonds is 4. The normalized spacial score (nSPS) is 11.4. The fraction of sp³-hybridized carbons (Fsp3) is 0.143. The summed E-state index contributed by atoms with van der Waals surface area (Å²) in [4.78, 5) is 11.9. The largest absolute Gasteiger partial charge is 0.463 e. The molecule has 1 aromatic carbocycles. The third kappa shape index (κ3) is 3.66. The van der Waals surface area contributed by atoms with Crippen LogP contribution in [0.1, 0.15) is 29.5 Å². The van der Waals surface area contributed by atoms with Crippen molar-refractivity contribution >= 4 is 34.2 Å². The molecule has 0 aliphatic heterocycles. The number of halogens is 1. The summed E-state index contributed by atoms with van der Waals surface area (Å²) in [5.41, 5.74) is 3.84. The van der Waals surface area contributed by atoms with Crippen molar-refractivity contribution < 1.29 is 9.21 Å². The molecule has 0 unspecified atom stereocenters. The number of carbonyl (C=O) groups is 1. The molecule has 0 aliphatic rings. The Morgan fingerprint density at radius 3 is 2.63 bits per heavy atom. The molecule has 0 fully saturated rings. The molecule has 0 aliphatic carbocycles. The molecular formula is C14H13IN2O2. The van der Waals surface area contributed by atoms with E-state index in [4.69, 9.17) is 4.42 Å². The summed E-state index contributed by atoms with van der Waals surface area (Å²) in [6.07, 6.45) is 2.27. The van der Waals surface area contributed by atoms with Gasteiger partial charge >= 0.3 is 0 Å². The van der Waals surface area contributed by atoms with Crippen molar-refractivity contribution in [1.82, 2.24) is 5.43 Å². The standard InChI is InChI=1S/C14H13IN2O2/c1-2-12(13-4-3-9-19-13)16-17-14(18)10-5-7-11(15)8-6-10/h3-9H,2H2,1H3,(H,17,18)/b16-12-. The number of hydrogen-bond acceptors (Lipinski definition) is 3. The van der Waals surface area contributed by atoms with Gasteiger partial charge in [-0.2, -0.15) is 5.10 Å². The van der Waals surface area contributed by atoms with Gasteiger partial charge in [0.1, 0.15) is 11.5 Å². The van der Waals surface area contributed by atoms with Gasteiger partial charge in [0.15, 0.2) is 0 Å². The zero-order valence-electron chi connectivity index (χ0n) is 10.4. The van der Waals surface area contributed by atoms with Gasteiger partial charge in [-0.1, -0.05) is 6.92 Å². The quantitative estimate of drug-likeness (QED) is 0.511. The molecule has 0 spiro atoms. The van der Waals surface area contributed by atoms with E-state index in [0.29, 0.717) is 23.5 Å². The lowest BCUT2D eigenvalue weighted by Gasteiger charge is -2.03. The van der Waals surface area contributed by atoms with Gasteiger partial charge in [0.25, 0.3) is 5.91 Å². The second kappa shape index (κ2) is 6.51. The molecule has 1 heterocycles. The first-order chi connectivity index (χ1) is 9.20. The molecular weight excluding hydrogens is 355 g/mol. The third-order valence-electron chi connectivity index (χ3n) is 2.54. The fourth-order valence-corrected chi connectivity index (χ4v) is 1.89. The molecule has 4 nitrogen and oxygen atoms in total. The minimum Gasteiger partial charge on any atom is -0.463 e. The van der Waals surface area contributed by atoms with Crippen LogP contribution in [0.15, 0.2) is 52.2 Å². The van der Waals surface area contributed by atoms with Gasteiger partial charge in [0, 0.05) is 9.13 Å². The molecule has 1 N–H and O–H groups in total. The Hall–Kier alpha value is -1.63. The lowest BCUT2D eigenvalue weighted by Crippen LogP contribution is -2.19. The molecule has 19 heavy (non-hydrogen) atoms. The van der Waals surface area contributed by atoms with Crippen LogP contribution in [-0.2, 0) is 0 Å². The average Bonchev–Trinajstić information content (AvgIpc) is 2.94. The maximum absolute atomic E-state index is 11.9. The van der Waals surface area contributed by atoms with E-state index in [1.165, 1.54) is 0 Å². The summed E-state index contributed by atoms with van der Waals surface area (Å²) in [6.45, 7) is 1.96. The highest BCUT2D eigenvalue weighted by molar-refractivity contribution is 14.1. The minimum atomic E-state index is -0.228. The zero-order valence-corrected chi connectivity index (χ0v) is 12.5. The molecule has 2 aromatic rings. The molecule has 0 radical (unpaired) electrons. The first-order valence-corrected chi connectivity index (χ1v) is 6.95. The molecule has 2 rings (SSSR count). The topological polar surface area (TPSA) is 54.6 Å². The first-order valence-electron chi connectivity index (χ1n) is 5.87. The van der Waals surface area contributed by atoms with Crippen LogP contribution in [0.5, 0.6) is 0 Å². The third-order valence-corrected chi connectivity index (χ3v) is 3.26. The van der Waals surface area contributed by atoms with Crippen molar-refractivity contribution in [2.45, 2.75) is 13.3 Å². The van der Waals surface area contributed by atoms with Gasteiger partial charge in [-0.3, -0.25) is 4.79 Å². The molecule has 1 aromatic heterocycles. The average molecular weight is 368 g/mol. The molecule has 0 saturated heterocycles. The van der Waals surface area contributed by atoms with Crippen molar-refractivity contribution in [3.05, 3.63) is 57.6 Å². The summed E-state index contributed by atoms with van der Waals surface area (Å²) in [7, 11) is 0. The van der Waals surface area contributed by atoms with E-state index in [1.54, 1.807) is 24.5 Å². The molecule has 0 saturated carbocycles. The van der Waals surface area contributed by atoms with Crippen LogP contribution in [0.3, 0.4) is 0 Å². The van der Waals surface area contributed by atoms with Gasteiger partial charge < -0.3 is 4.42 Å². The highest BCUT2D eigenvalue weighted by Crippen LogP contribution is 2.07. The number of amides is 1. The number of furan rings is 1. The summed E-state index contributed by atoms with van der Waals surface area (Å²) in [5.74, 6) is 0.444. The van der Waals surface area contributed by atoms with E-state index in [1.807, 2.05) is 25.1 Å². The van der Waals surface area contributed by atoms with Crippen LogP contribution in [-0.4, -0.2) is 11.6 Å². The number of carbonyl (C=O) groups excluding carboxylic acids is 1. The highest BCUT2D eigenvalue weighted by Gasteiger charge is 2.07. The number of hydrogen-bond donors (Lipinski definition) is 1. The van der Waals surface area contributed by atoms with Crippen LogP contribution in [0, 0.1) is 3.57 Å². The van der Waals surface area contributed by atoms with Gasteiger partial charge in [0.05, 0.1) is 6.26 Å². The van der Waals surface area contributed by atoms with Crippen LogP contribution in [0.2, 0.25) is 0 Å². The summed E-state index contributed by atoms with van der Waals surface area (Å²) in [5, 5.41) is 4.10. The maximum Gasteiger partial charge on any atom is 0.271 e. The predicted molar refractivity (Wildman–Crippen MR) is 82.2 cm³/mol. The first kappa shape index (κ1) is 13.8. The molecule has 0 atom stereocenters. The van der Waals surface area contributed by atoms with Gasteiger partial charge in [-0.25, -0.2) is 5.43 Å². The molecule has 0 bridgehead atoms. The second-order valence-corrected chi connectivity index (χ2v) is 5.08. The van der Waals surface area contributed by atoms with Crippen molar-refractivity contribution in [2.75, 3.05) is 0 Å². The van der Waals surface area contributed by atoms with Gasteiger partial charge in [-0.05, 0) is 65.4 Å². The zero-order chi connectivity index (χ0) is 13.7. The van der Waals surface area contributed by atoms with Crippen LogP contribution < -0.4 is 5.43 Å². The summed E-state index contributed by atoms with van der Waals surface area (Å²) < 4.78 is 6.34. The lowest BCUT2D eigenvalue weighted by atomic mass is 10.2. The van der Waals surface area contributed by atoms with E-state index < -0.39 is 0 Å². The van der Waals surface area contributed by atoms with Crippen molar-refractivity contribution in [3.8, 4) is 0 Å². The van der Waals surface area contributed by atoms with E-state index in [-0.39, 0.29) is 5.91 Å². The van der Waals surface area contributed by atoms with Crippen molar-refractivity contribution in [2.24, 2.45) is 5.10 Å². The SMILES string of the molecule is CC/C(=N/NC(=O)c1ccc(I)cc1)c1ccco1. The van der Waals surface area contributed by atoms with E-state index >= 15 is 0 Å². The van der Waals surface area contributed by atoms with Gasteiger partial charge in [0.2, 0.25) is 0 Å². The number of benzene rings is 1. The van der Waals surface area contributed by atoms with Gasteiger partial charge in [-0.15, -0.1) is 0 Å². The summed E-state index contributed by atoms with van der Waals surface area (Å²) in [6, 6.07) is 10.9. The Morgan fingerprint density at radius 2 is 2.05 bits per heavy atom. The lowest BCUT2D eigenvalue weighted by molar-refractivity contribution is 0.0955. The monoisotopic (exact) mass is 368 g/mol. The highest BCUT2D eigenvalue weighted by atomic mass is 127. The van der Waals surface area contributed by atoms with Crippen LogP contribution in [0.25, 0.3) is 0 Å². The van der Waals surface area contributed by atoms with Crippen molar-refractivity contribution in [3.63, 3.8) is 0 Å². The van der Waals surface area contributed by atoms with Crippen LogP contribution in [0.4, 0.5) is 0 Å². The smallest absolute Gasteiger partial charge is 0.271 e. The molecule has 98 valence electrons. The van der Waals surface area contributed by atoms with Crippen LogP contribution >= 0.6 is 22.6 Å². The Bertz CT molecular complexity index is 574. The number of hydrazone groups is 1. The molecule has 5 heteroatoms. The number of nitrogens with zero attached hydrogens (tertiary/aromatic N) is 1. The maximum atomic E-state index is 11.9.